The van der Waals surface area contributed by atoms with Gasteiger partial charge in [-0.1, -0.05) is 6.07 Å². The number of fused-ring (bicyclic) bond motifs is 1. The normalized spacial score (nSPS) is 12.5. The molecule has 3 aromatic rings. The molecule has 0 spiro atoms. The molecule has 0 saturated carbocycles. The fourth-order valence-electron chi connectivity index (χ4n) is 1.94. The van der Waals surface area contributed by atoms with Gasteiger partial charge in [-0.15, -0.1) is 11.3 Å². The maximum atomic E-state index is 12.1. The molecule has 3 rings (SSSR count). The van der Waals surface area contributed by atoms with Crippen molar-refractivity contribution in [3.63, 3.8) is 0 Å². The summed E-state index contributed by atoms with van der Waals surface area (Å²) in [7, 11) is 0. The summed E-state index contributed by atoms with van der Waals surface area (Å²) < 4.78 is 5.39. The Morgan fingerprint density at radius 2 is 2.30 bits per heavy atom. The highest BCUT2D eigenvalue weighted by molar-refractivity contribution is 7.10. The molecular weight excluding hydrogens is 274 g/mol. The van der Waals surface area contributed by atoms with Crippen LogP contribution < -0.4 is 11.1 Å². The Kier molecular flexibility index (Phi) is 3.25. The van der Waals surface area contributed by atoms with Gasteiger partial charge in [0.05, 0.1) is 0 Å². The molecule has 0 aliphatic rings. The molecule has 0 aliphatic carbocycles. The zero-order chi connectivity index (χ0) is 14.1. The van der Waals surface area contributed by atoms with Crippen LogP contribution in [0.3, 0.4) is 0 Å². The summed E-state index contributed by atoms with van der Waals surface area (Å²) >= 11 is 1.46. The zero-order valence-corrected chi connectivity index (χ0v) is 11.6. The van der Waals surface area contributed by atoms with Crippen LogP contribution in [0.15, 0.2) is 40.1 Å². The van der Waals surface area contributed by atoms with Gasteiger partial charge in [0.1, 0.15) is 11.6 Å². The topological polar surface area (TPSA) is 81.2 Å². The molecule has 1 aromatic carbocycles. The number of carbonyl (C=O) groups is 1. The maximum absolute atomic E-state index is 12.1. The van der Waals surface area contributed by atoms with E-state index in [1.807, 2.05) is 17.5 Å². The van der Waals surface area contributed by atoms with E-state index < -0.39 is 6.04 Å². The van der Waals surface area contributed by atoms with Crippen molar-refractivity contribution in [3.05, 3.63) is 46.5 Å². The highest BCUT2D eigenvalue weighted by Crippen LogP contribution is 2.22. The average Bonchev–Trinajstić information content (AvgIpc) is 3.05. The van der Waals surface area contributed by atoms with Crippen LogP contribution in [0, 0.1) is 6.92 Å². The minimum absolute atomic E-state index is 0.244. The van der Waals surface area contributed by atoms with E-state index in [9.17, 15) is 4.79 Å². The number of nitrogens with one attached hydrogen (secondary N) is 1. The molecule has 3 N–H and O–H groups in total. The number of amides is 1. The van der Waals surface area contributed by atoms with E-state index in [0.29, 0.717) is 22.7 Å². The van der Waals surface area contributed by atoms with Gasteiger partial charge < -0.3 is 15.5 Å². The Balaban J connectivity index is 1.80. The van der Waals surface area contributed by atoms with Gasteiger partial charge in [-0.05, 0) is 29.6 Å². The quantitative estimate of drug-likeness (QED) is 0.776. The first kappa shape index (κ1) is 12.8. The number of aryl methyl sites for hydroxylation is 1. The van der Waals surface area contributed by atoms with Crippen molar-refractivity contribution < 1.29 is 9.21 Å². The first-order valence-electron chi connectivity index (χ1n) is 6.10. The fraction of sp³-hybridized carbons (Fsp3) is 0.143. The predicted octanol–water partition coefficient (Wildman–Crippen LogP) is 2.84. The summed E-state index contributed by atoms with van der Waals surface area (Å²) in [4.78, 5) is 17.1. The number of hydrogen-bond donors (Lipinski definition) is 2. The second kappa shape index (κ2) is 5.07. The molecule has 20 heavy (non-hydrogen) atoms. The predicted molar refractivity (Wildman–Crippen MR) is 78.6 cm³/mol. The lowest BCUT2D eigenvalue weighted by molar-refractivity contribution is -0.117. The van der Waals surface area contributed by atoms with E-state index in [1.165, 1.54) is 11.3 Å². The van der Waals surface area contributed by atoms with Gasteiger partial charge in [-0.25, -0.2) is 4.98 Å². The standard InChI is InChI=1S/C14H13N3O2S/c1-8-16-10-7-9(4-5-11(10)19-8)17-14(18)13(15)12-3-2-6-20-12/h2-7,13H,15H2,1H3,(H,17,18). The van der Waals surface area contributed by atoms with E-state index in [1.54, 1.807) is 25.1 Å². The summed E-state index contributed by atoms with van der Waals surface area (Å²) in [5, 5.41) is 4.69. The summed E-state index contributed by atoms with van der Waals surface area (Å²) in [6.07, 6.45) is 0. The SMILES string of the molecule is Cc1nc2cc(NC(=O)C(N)c3cccs3)ccc2o1. The van der Waals surface area contributed by atoms with Crippen molar-refractivity contribution >= 4 is 34.0 Å². The lowest BCUT2D eigenvalue weighted by Crippen LogP contribution is -2.26. The third-order valence-electron chi connectivity index (χ3n) is 2.89. The van der Waals surface area contributed by atoms with Gasteiger partial charge in [0.2, 0.25) is 5.91 Å². The molecule has 0 saturated heterocycles. The molecule has 2 heterocycles. The van der Waals surface area contributed by atoms with Gasteiger partial charge in [0.25, 0.3) is 0 Å². The molecule has 5 nitrogen and oxygen atoms in total. The molecule has 1 atom stereocenters. The van der Waals surface area contributed by atoms with Crippen LogP contribution >= 0.6 is 11.3 Å². The van der Waals surface area contributed by atoms with E-state index in [2.05, 4.69) is 10.3 Å². The number of hydrogen-bond acceptors (Lipinski definition) is 5. The van der Waals surface area contributed by atoms with Crippen LogP contribution in [-0.4, -0.2) is 10.9 Å². The third kappa shape index (κ3) is 2.43. The first-order chi connectivity index (χ1) is 9.63. The number of carbonyl (C=O) groups excluding carboxylic acids is 1. The lowest BCUT2D eigenvalue weighted by atomic mass is 10.2. The molecule has 2 aromatic heterocycles. The van der Waals surface area contributed by atoms with Crippen LogP contribution in [0.5, 0.6) is 0 Å². The largest absolute Gasteiger partial charge is 0.441 e. The van der Waals surface area contributed by atoms with E-state index in [0.717, 1.165) is 4.88 Å². The Morgan fingerprint density at radius 3 is 3.05 bits per heavy atom. The number of nitrogens with zero attached hydrogens (tertiary/aromatic N) is 1. The van der Waals surface area contributed by atoms with Crippen molar-refractivity contribution in [2.24, 2.45) is 5.73 Å². The number of anilines is 1. The van der Waals surface area contributed by atoms with Gasteiger partial charge in [0.15, 0.2) is 11.5 Å². The van der Waals surface area contributed by atoms with Gasteiger partial charge >= 0.3 is 0 Å². The van der Waals surface area contributed by atoms with Crippen molar-refractivity contribution in [1.29, 1.82) is 0 Å². The molecule has 6 heteroatoms. The molecule has 0 bridgehead atoms. The Labute approximate surface area is 119 Å². The van der Waals surface area contributed by atoms with Crippen molar-refractivity contribution in [2.75, 3.05) is 5.32 Å². The Morgan fingerprint density at radius 1 is 1.45 bits per heavy atom. The summed E-state index contributed by atoms with van der Waals surface area (Å²) in [6, 6.07) is 8.37. The third-order valence-corrected chi connectivity index (χ3v) is 3.85. The molecule has 102 valence electrons. The summed E-state index contributed by atoms with van der Waals surface area (Å²) in [5.41, 5.74) is 7.98. The molecule has 1 amide bonds. The number of aromatic nitrogens is 1. The number of oxazole rings is 1. The molecule has 0 fully saturated rings. The highest BCUT2D eigenvalue weighted by atomic mass is 32.1. The number of nitrogens with two attached hydrogens (primary N) is 1. The van der Waals surface area contributed by atoms with Crippen molar-refractivity contribution in [3.8, 4) is 0 Å². The second-order valence-electron chi connectivity index (χ2n) is 4.40. The number of rotatable bonds is 3. The van der Waals surface area contributed by atoms with Crippen LogP contribution in [0.2, 0.25) is 0 Å². The number of benzene rings is 1. The number of thiophene rings is 1. The smallest absolute Gasteiger partial charge is 0.246 e. The monoisotopic (exact) mass is 287 g/mol. The lowest BCUT2D eigenvalue weighted by Gasteiger charge is -2.10. The van der Waals surface area contributed by atoms with Crippen LogP contribution in [0.25, 0.3) is 11.1 Å². The molecule has 0 radical (unpaired) electrons. The first-order valence-corrected chi connectivity index (χ1v) is 6.98. The van der Waals surface area contributed by atoms with Gasteiger partial charge in [0, 0.05) is 17.5 Å². The zero-order valence-electron chi connectivity index (χ0n) is 10.8. The Hall–Kier alpha value is -2.18. The summed E-state index contributed by atoms with van der Waals surface area (Å²) in [5.74, 6) is 0.353. The van der Waals surface area contributed by atoms with Crippen molar-refractivity contribution in [2.45, 2.75) is 13.0 Å². The van der Waals surface area contributed by atoms with Crippen molar-refractivity contribution in [1.82, 2.24) is 4.98 Å². The molecule has 0 aliphatic heterocycles. The fourth-order valence-corrected chi connectivity index (χ4v) is 2.66. The highest BCUT2D eigenvalue weighted by Gasteiger charge is 2.17. The minimum Gasteiger partial charge on any atom is -0.441 e. The van der Waals surface area contributed by atoms with E-state index in [4.69, 9.17) is 10.2 Å². The minimum atomic E-state index is -0.662. The molecular formula is C14H13N3O2S. The van der Waals surface area contributed by atoms with E-state index >= 15 is 0 Å². The second-order valence-corrected chi connectivity index (χ2v) is 5.38. The summed E-state index contributed by atoms with van der Waals surface area (Å²) in [6.45, 7) is 1.78. The maximum Gasteiger partial charge on any atom is 0.246 e. The van der Waals surface area contributed by atoms with Crippen LogP contribution in [0.1, 0.15) is 16.8 Å². The van der Waals surface area contributed by atoms with Gasteiger partial charge in [-0.3, -0.25) is 4.79 Å². The average molecular weight is 287 g/mol. The van der Waals surface area contributed by atoms with Crippen LogP contribution in [0.4, 0.5) is 5.69 Å². The molecule has 1 unspecified atom stereocenters. The van der Waals surface area contributed by atoms with Crippen LogP contribution in [-0.2, 0) is 4.79 Å². The van der Waals surface area contributed by atoms with E-state index in [-0.39, 0.29) is 5.91 Å². The van der Waals surface area contributed by atoms with Gasteiger partial charge in [-0.2, -0.15) is 0 Å². The Bertz CT molecular complexity index is 749.